The van der Waals surface area contributed by atoms with Crippen LogP contribution in [-0.4, -0.2) is 4.98 Å². The minimum Gasteiger partial charge on any atom is -0.396 e. The van der Waals surface area contributed by atoms with Crippen LogP contribution in [0.25, 0.3) is 11.1 Å². The van der Waals surface area contributed by atoms with Crippen molar-refractivity contribution in [1.82, 2.24) is 4.98 Å². The lowest BCUT2D eigenvalue weighted by molar-refractivity contribution is 0.592. The van der Waals surface area contributed by atoms with Gasteiger partial charge in [-0.1, -0.05) is 0 Å². The monoisotopic (exact) mass is 206 g/mol. The van der Waals surface area contributed by atoms with Crippen LogP contribution < -0.4 is 5.73 Å². The summed E-state index contributed by atoms with van der Waals surface area (Å²) in [5.41, 5.74) is 5.61. The Morgan fingerprint density at radius 1 is 1.00 bits per heavy atom. The van der Waals surface area contributed by atoms with Gasteiger partial charge in [0.15, 0.2) is 5.82 Å². The number of nitrogens with two attached hydrogens (primary N) is 1. The first-order chi connectivity index (χ1) is 7.20. The SMILES string of the molecule is Nc1ccc(F)c(-c2ccncc2)c1F. The molecule has 2 rings (SSSR count). The molecule has 2 N–H and O–H groups in total. The zero-order valence-electron chi connectivity index (χ0n) is 7.74. The van der Waals surface area contributed by atoms with Gasteiger partial charge < -0.3 is 5.73 Å². The molecule has 0 aliphatic heterocycles. The molecule has 0 aliphatic rings. The molecular weight excluding hydrogens is 198 g/mol. The molecule has 0 bridgehead atoms. The second-order valence-corrected chi connectivity index (χ2v) is 3.06. The molecule has 0 spiro atoms. The molecule has 15 heavy (non-hydrogen) atoms. The molecule has 4 heteroatoms. The number of nitrogen functional groups attached to an aromatic ring is 1. The highest BCUT2D eigenvalue weighted by atomic mass is 19.1. The van der Waals surface area contributed by atoms with Crippen LogP contribution in [0.3, 0.4) is 0 Å². The molecule has 0 amide bonds. The van der Waals surface area contributed by atoms with Gasteiger partial charge >= 0.3 is 0 Å². The van der Waals surface area contributed by atoms with E-state index in [1.54, 1.807) is 0 Å². The lowest BCUT2D eigenvalue weighted by atomic mass is 10.1. The van der Waals surface area contributed by atoms with E-state index in [-0.39, 0.29) is 11.3 Å². The van der Waals surface area contributed by atoms with Crippen LogP contribution in [-0.2, 0) is 0 Å². The number of hydrogen-bond acceptors (Lipinski definition) is 2. The molecule has 0 saturated heterocycles. The molecular formula is C11H8F2N2. The Kier molecular flexibility index (Phi) is 2.33. The van der Waals surface area contributed by atoms with Crippen molar-refractivity contribution in [2.45, 2.75) is 0 Å². The Labute approximate surface area is 85.4 Å². The van der Waals surface area contributed by atoms with Gasteiger partial charge in [0.25, 0.3) is 0 Å². The summed E-state index contributed by atoms with van der Waals surface area (Å²) in [6, 6.07) is 5.41. The Morgan fingerprint density at radius 2 is 1.67 bits per heavy atom. The van der Waals surface area contributed by atoms with Crippen LogP contribution in [0.4, 0.5) is 14.5 Å². The van der Waals surface area contributed by atoms with E-state index >= 15 is 0 Å². The van der Waals surface area contributed by atoms with E-state index in [2.05, 4.69) is 4.98 Å². The van der Waals surface area contributed by atoms with Gasteiger partial charge in [-0.05, 0) is 29.8 Å². The molecule has 0 atom stereocenters. The Bertz CT molecular complexity index is 483. The summed E-state index contributed by atoms with van der Waals surface area (Å²) in [5, 5.41) is 0. The van der Waals surface area contributed by atoms with Gasteiger partial charge in [-0.3, -0.25) is 4.98 Å². The molecule has 1 aromatic heterocycles. The fourth-order valence-corrected chi connectivity index (χ4v) is 1.35. The largest absolute Gasteiger partial charge is 0.396 e. The molecule has 0 aliphatic carbocycles. The Morgan fingerprint density at radius 3 is 2.33 bits per heavy atom. The van der Waals surface area contributed by atoms with Crippen molar-refractivity contribution in [3.8, 4) is 11.1 Å². The molecule has 0 fully saturated rings. The summed E-state index contributed by atoms with van der Waals surface area (Å²) in [4.78, 5) is 3.78. The van der Waals surface area contributed by atoms with Crippen molar-refractivity contribution in [1.29, 1.82) is 0 Å². The summed E-state index contributed by atoms with van der Waals surface area (Å²) in [6.45, 7) is 0. The maximum absolute atomic E-state index is 13.6. The van der Waals surface area contributed by atoms with Crippen LogP contribution >= 0.6 is 0 Å². The van der Waals surface area contributed by atoms with Crippen molar-refractivity contribution < 1.29 is 8.78 Å². The zero-order chi connectivity index (χ0) is 10.8. The third kappa shape index (κ3) is 1.66. The molecule has 1 aromatic carbocycles. The normalized spacial score (nSPS) is 10.3. The maximum Gasteiger partial charge on any atom is 0.156 e. The summed E-state index contributed by atoms with van der Waals surface area (Å²) < 4.78 is 27.0. The lowest BCUT2D eigenvalue weighted by Gasteiger charge is -2.06. The second-order valence-electron chi connectivity index (χ2n) is 3.06. The summed E-state index contributed by atoms with van der Waals surface area (Å²) in [5.74, 6) is -1.37. The number of pyridine rings is 1. The van der Waals surface area contributed by atoms with Crippen LogP contribution in [0.1, 0.15) is 0 Å². The first kappa shape index (κ1) is 9.58. The van der Waals surface area contributed by atoms with E-state index in [4.69, 9.17) is 5.73 Å². The average Bonchev–Trinajstić information content (AvgIpc) is 2.26. The smallest absolute Gasteiger partial charge is 0.156 e. The predicted octanol–water partition coefficient (Wildman–Crippen LogP) is 2.61. The highest BCUT2D eigenvalue weighted by Crippen LogP contribution is 2.28. The van der Waals surface area contributed by atoms with E-state index in [1.807, 2.05) is 0 Å². The fraction of sp³-hybridized carbons (Fsp3) is 0. The molecule has 0 saturated carbocycles. The van der Waals surface area contributed by atoms with E-state index in [0.717, 1.165) is 6.07 Å². The maximum atomic E-state index is 13.6. The van der Waals surface area contributed by atoms with Gasteiger partial charge in [-0.15, -0.1) is 0 Å². The quantitative estimate of drug-likeness (QED) is 0.728. The van der Waals surface area contributed by atoms with Gasteiger partial charge in [-0.2, -0.15) is 0 Å². The van der Waals surface area contributed by atoms with Gasteiger partial charge in [0.1, 0.15) is 5.82 Å². The molecule has 0 radical (unpaired) electrons. The summed E-state index contributed by atoms with van der Waals surface area (Å²) >= 11 is 0. The van der Waals surface area contributed by atoms with Gasteiger partial charge in [0.05, 0.1) is 11.3 Å². The van der Waals surface area contributed by atoms with Gasteiger partial charge in [0.2, 0.25) is 0 Å². The van der Waals surface area contributed by atoms with Crippen LogP contribution in [0.2, 0.25) is 0 Å². The zero-order valence-corrected chi connectivity index (χ0v) is 7.74. The first-order valence-electron chi connectivity index (χ1n) is 4.34. The van der Waals surface area contributed by atoms with Crippen LogP contribution in [0.5, 0.6) is 0 Å². The average molecular weight is 206 g/mol. The van der Waals surface area contributed by atoms with Crippen molar-refractivity contribution in [2.24, 2.45) is 0 Å². The van der Waals surface area contributed by atoms with Crippen LogP contribution in [0.15, 0.2) is 36.7 Å². The molecule has 76 valence electrons. The standard InChI is InChI=1S/C11H8F2N2/c12-8-1-2-9(14)11(13)10(8)7-3-5-15-6-4-7/h1-6H,14H2. The highest BCUT2D eigenvalue weighted by molar-refractivity contribution is 5.68. The predicted molar refractivity (Wildman–Crippen MR) is 54.0 cm³/mol. The fourth-order valence-electron chi connectivity index (χ4n) is 1.35. The number of rotatable bonds is 1. The second kappa shape index (κ2) is 3.65. The third-order valence-corrected chi connectivity index (χ3v) is 2.09. The van der Waals surface area contributed by atoms with Crippen LogP contribution in [0, 0.1) is 11.6 Å². The summed E-state index contributed by atoms with van der Waals surface area (Å²) in [6.07, 6.45) is 2.94. The van der Waals surface area contributed by atoms with E-state index in [0.29, 0.717) is 5.56 Å². The Hall–Kier alpha value is -1.97. The summed E-state index contributed by atoms with van der Waals surface area (Å²) in [7, 11) is 0. The van der Waals surface area contributed by atoms with Crippen molar-refractivity contribution >= 4 is 5.69 Å². The molecule has 2 aromatic rings. The number of hydrogen-bond donors (Lipinski definition) is 1. The molecule has 0 unspecified atom stereocenters. The van der Waals surface area contributed by atoms with E-state index in [1.165, 1.54) is 30.6 Å². The van der Waals surface area contributed by atoms with E-state index in [9.17, 15) is 8.78 Å². The van der Waals surface area contributed by atoms with Crippen molar-refractivity contribution in [3.63, 3.8) is 0 Å². The number of nitrogens with zero attached hydrogens (tertiary/aromatic N) is 1. The lowest BCUT2D eigenvalue weighted by Crippen LogP contribution is -1.96. The third-order valence-electron chi connectivity index (χ3n) is 2.09. The van der Waals surface area contributed by atoms with Crippen molar-refractivity contribution in [2.75, 3.05) is 5.73 Å². The molecule has 1 heterocycles. The topological polar surface area (TPSA) is 38.9 Å². The number of benzene rings is 1. The first-order valence-corrected chi connectivity index (χ1v) is 4.34. The molecule has 2 nitrogen and oxygen atoms in total. The minimum atomic E-state index is -0.735. The van der Waals surface area contributed by atoms with E-state index < -0.39 is 11.6 Å². The highest BCUT2D eigenvalue weighted by Gasteiger charge is 2.13. The van der Waals surface area contributed by atoms with Crippen molar-refractivity contribution in [3.05, 3.63) is 48.3 Å². The minimum absolute atomic E-state index is 0.0665. The number of anilines is 1. The van der Waals surface area contributed by atoms with Gasteiger partial charge in [-0.25, -0.2) is 8.78 Å². The number of halogens is 2. The number of aromatic nitrogens is 1. The Balaban J connectivity index is 2.68. The van der Waals surface area contributed by atoms with Gasteiger partial charge in [0, 0.05) is 12.4 Å².